The molecule has 0 saturated carbocycles. The van der Waals surface area contributed by atoms with Crippen LogP contribution in [-0.4, -0.2) is 68.6 Å². The summed E-state index contributed by atoms with van der Waals surface area (Å²) in [6, 6.07) is 9.03. The Morgan fingerprint density at radius 1 is 1.14 bits per heavy atom. The zero-order valence-electron chi connectivity index (χ0n) is 25.8. The van der Waals surface area contributed by atoms with Gasteiger partial charge in [0.1, 0.15) is 24.2 Å². The number of hydrogen-bond donors (Lipinski definition) is 0. The van der Waals surface area contributed by atoms with Gasteiger partial charge in [-0.3, -0.25) is 9.48 Å². The maximum atomic E-state index is 13.8. The zero-order chi connectivity index (χ0) is 31.6. The van der Waals surface area contributed by atoms with Crippen LogP contribution >= 0.6 is 23.2 Å². The number of ether oxygens (including phenoxy) is 4. The molecule has 6 rings (SSSR count). The van der Waals surface area contributed by atoms with Gasteiger partial charge in [-0.05, 0) is 58.9 Å². The molecule has 2 aromatic carbocycles. The largest absolute Gasteiger partial charge is 0.496 e. The molecule has 1 atom stereocenters. The summed E-state index contributed by atoms with van der Waals surface area (Å²) < 4.78 is 27.3. The molecule has 44 heavy (non-hydrogen) atoms. The van der Waals surface area contributed by atoms with E-state index in [4.69, 9.17) is 47.2 Å². The molecule has 1 fully saturated rings. The van der Waals surface area contributed by atoms with Gasteiger partial charge in [0.2, 0.25) is 0 Å². The van der Waals surface area contributed by atoms with Crippen LogP contribution in [-0.2, 0) is 22.6 Å². The number of fused-ring (bicyclic) bond motifs is 3. The predicted molar refractivity (Wildman–Crippen MR) is 168 cm³/mol. The van der Waals surface area contributed by atoms with Gasteiger partial charge in [0.15, 0.2) is 11.5 Å². The smallest absolute Gasteiger partial charge is 0.274 e. The van der Waals surface area contributed by atoms with Crippen LogP contribution in [0.5, 0.6) is 11.5 Å². The van der Waals surface area contributed by atoms with Crippen molar-refractivity contribution in [1.82, 2.24) is 24.5 Å². The lowest BCUT2D eigenvalue weighted by Crippen LogP contribution is -2.43. The van der Waals surface area contributed by atoms with E-state index in [0.717, 1.165) is 16.7 Å². The van der Waals surface area contributed by atoms with Crippen LogP contribution in [0, 0.1) is 0 Å². The highest BCUT2D eigenvalue weighted by molar-refractivity contribution is 6.34. The highest BCUT2D eigenvalue weighted by Gasteiger charge is 2.35. The van der Waals surface area contributed by atoms with Crippen molar-refractivity contribution < 1.29 is 23.7 Å². The number of carbonyl (C=O) groups is 1. The number of aromatic nitrogens is 4. The lowest BCUT2D eigenvalue weighted by atomic mass is 9.96. The first-order chi connectivity index (χ1) is 20.7. The Morgan fingerprint density at radius 2 is 1.86 bits per heavy atom. The molecule has 4 heterocycles. The molecule has 0 spiro atoms. The minimum atomic E-state index is -0.613. The van der Waals surface area contributed by atoms with Crippen molar-refractivity contribution in [2.75, 3.05) is 20.8 Å². The van der Waals surface area contributed by atoms with Crippen molar-refractivity contribution in [3.8, 4) is 39.6 Å². The number of halogens is 2. The normalized spacial score (nSPS) is 17.2. The SMILES string of the molecule is COc1cc2c(cc1-c1cnn(CC3COC(C)(C)O3)c1)-c1c(c(C(=O)N(C)C(C)(C)C)nn1-c1cc(Cl)cc(Cl)c1)CO2. The molecule has 2 aromatic heterocycles. The number of nitrogens with zero attached hydrogens (tertiary/aromatic N) is 5. The molecule has 0 bridgehead atoms. The van der Waals surface area contributed by atoms with Gasteiger partial charge in [0, 0.05) is 57.1 Å². The first-order valence-corrected chi connectivity index (χ1v) is 15.1. The van der Waals surface area contributed by atoms with Crippen LogP contribution in [0.3, 0.4) is 0 Å². The maximum Gasteiger partial charge on any atom is 0.274 e. The molecule has 1 unspecified atom stereocenters. The molecule has 0 radical (unpaired) electrons. The van der Waals surface area contributed by atoms with Crippen molar-refractivity contribution in [3.63, 3.8) is 0 Å². The third-order valence-corrected chi connectivity index (χ3v) is 8.36. The lowest BCUT2D eigenvalue weighted by Gasteiger charge is -2.31. The van der Waals surface area contributed by atoms with Crippen molar-refractivity contribution >= 4 is 29.1 Å². The van der Waals surface area contributed by atoms with Crippen LogP contribution in [0.1, 0.15) is 50.7 Å². The minimum absolute atomic E-state index is 0.111. The van der Waals surface area contributed by atoms with Crippen molar-refractivity contribution in [2.45, 2.75) is 65.2 Å². The van der Waals surface area contributed by atoms with E-state index in [1.54, 1.807) is 48.1 Å². The number of hydrogen-bond acceptors (Lipinski definition) is 7. The first-order valence-electron chi connectivity index (χ1n) is 14.3. The summed E-state index contributed by atoms with van der Waals surface area (Å²) in [6.07, 6.45) is 3.63. The molecule has 1 saturated heterocycles. The van der Waals surface area contributed by atoms with Gasteiger partial charge in [-0.1, -0.05) is 23.2 Å². The fourth-order valence-corrected chi connectivity index (χ4v) is 5.94. The van der Waals surface area contributed by atoms with Crippen molar-refractivity contribution in [1.29, 1.82) is 0 Å². The average molecular weight is 641 g/mol. The quantitative estimate of drug-likeness (QED) is 0.234. The minimum Gasteiger partial charge on any atom is -0.496 e. The third kappa shape index (κ3) is 5.67. The standard InChI is InChI=1S/C32H35Cl2N5O5/c1-31(2,3)37(6)30(40)28-25-17-42-27-12-26(41-7)23(18-13-35-38(14-18)15-22-16-43-32(4,5)44-22)11-24(27)29(25)39(36-28)21-9-19(33)8-20(34)10-21/h8-14,22H,15-17H2,1-7H3. The van der Waals surface area contributed by atoms with E-state index in [1.807, 2.05) is 57.6 Å². The summed E-state index contributed by atoms with van der Waals surface area (Å²) in [7, 11) is 3.39. The number of rotatable bonds is 6. The Balaban J connectivity index is 1.48. The summed E-state index contributed by atoms with van der Waals surface area (Å²) in [5, 5.41) is 10.3. The predicted octanol–water partition coefficient (Wildman–Crippen LogP) is 6.63. The van der Waals surface area contributed by atoms with Crippen LogP contribution in [0.2, 0.25) is 10.0 Å². The highest BCUT2D eigenvalue weighted by Crippen LogP contribution is 2.46. The van der Waals surface area contributed by atoms with Crippen molar-refractivity contribution in [2.24, 2.45) is 0 Å². The summed E-state index contributed by atoms with van der Waals surface area (Å²) in [6.45, 7) is 10.9. The van der Waals surface area contributed by atoms with Gasteiger partial charge in [-0.2, -0.15) is 10.2 Å². The number of methoxy groups -OCH3 is 1. The van der Waals surface area contributed by atoms with E-state index in [-0.39, 0.29) is 18.6 Å². The Kier molecular flexibility index (Phi) is 7.68. The fourth-order valence-electron chi connectivity index (χ4n) is 5.42. The Morgan fingerprint density at radius 3 is 2.50 bits per heavy atom. The first kappa shape index (κ1) is 30.5. The average Bonchev–Trinajstić information content (AvgIpc) is 3.67. The molecule has 0 N–H and O–H groups in total. The summed E-state index contributed by atoms with van der Waals surface area (Å²) in [5.41, 5.74) is 4.26. The molecule has 2 aliphatic rings. The Labute approximate surface area is 266 Å². The second kappa shape index (κ2) is 11.1. The number of amides is 1. The molecule has 232 valence electrons. The second-order valence-corrected chi connectivity index (χ2v) is 13.4. The Bertz CT molecular complexity index is 1740. The van der Waals surface area contributed by atoms with Gasteiger partial charge >= 0.3 is 0 Å². The molecule has 10 nitrogen and oxygen atoms in total. The van der Waals surface area contributed by atoms with Gasteiger partial charge in [-0.25, -0.2) is 4.68 Å². The molecular formula is C32H35Cl2N5O5. The van der Waals surface area contributed by atoms with E-state index >= 15 is 0 Å². The second-order valence-electron chi connectivity index (χ2n) is 12.5. The maximum absolute atomic E-state index is 13.8. The van der Waals surface area contributed by atoms with E-state index in [1.165, 1.54) is 0 Å². The molecule has 12 heteroatoms. The lowest BCUT2D eigenvalue weighted by molar-refractivity contribution is -0.139. The molecule has 0 aliphatic carbocycles. The van der Waals surface area contributed by atoms with Crippen LogP contribution in [0.4, 0.5) is 0 Å². The fraction of sp³-hybridized carbons (Fsp3) is 0.406. The highest BCUT2D eigenvalue weighted by atomic mass is 35.5. The van der Waals surface area contributed by atoms with Gasteiger partial charge in [-0.15, -0.1) is 0 Å². The van der Waals surface area contributed by atoms with Crippen LogP contribution < -0.4 is 9.47 Å². The Hall–Kier alpha value is -3.57. The summed E-state index contributed by atoms with van der Waals surface area (Å²) >= 11 is 12.8. The van der Waals surface area contributed by atoms with Gasteiger partial charge in [0.25, 0.3) is 5.91 Å². The van der Waals surface area contributed by atoms with E-state index in [2.05, 4.69) is 5.10 Å². The topological polar surface area (TPSA) is 92.9 Å². The van der Waals surface area contributed by atoms with E-state index < -0.39 is 11.3 Å². The molecule has 1 amide bonds. The summed E-state index contributed by atoms with van der Waals surface area (Å²) in [5.74, 6) is 0.387. The van der Waals surface area contributed by atoms with Gasteiger partial charge in [0.05, 0.1) is 37.8 Å². The van der Waals surface area contributed by atoms with Crippen LogP contribution in [0.15, 0.2) is 42.7 Å². The molecular weight excluding hydrogens is 605 g/mol. The number of benzene rings is 2. The molecule has 2 aliphatic heterocycles. The van der Waals surface area contributed by atoms with E-state index in [9.17, 15) is 4.79 Å². The van der Waals surface area contributed by atoms with Crippen LogP contribution in [0.25, 0.3) is 28.1 Å². The monoisotopic (exact) mass is 639 g/mol. The van der Waals surface area contributed by atoms with E-state index in [0.29, 0.717) is 57.3 Å². The summed E-state index contributed by atoms with van der Waals surface area (Å²) in [4.78, 5) is 15.5. The third-order valence-electron chi connectivity index (χ3n) is 7.92. The number of carbonyl (C=O) groups excluding carboxylic acids is 1. The van der Waals surface area contributed by atoms with Crippen molar-refractivity contribution in [3.05, 3.63) is 64.0 Å². The van der Waals surface area contributed by atoms with Gasteiger partial charge < -0.3 is 23.8 Å². The molecule has 4 aromatic rings. The zero-order valence-corrected chi connectivity index (χ0v) is 27.3.